The number of rotatable bonds is 6. The van der Waals surface area contributed by atoms with Crippen LogP contribution in [0.2, 0.25) is 0 Å². The van der Waals surface area contributed by atoms with Crippen LogP contribution in [0, 0.1) is 17.7 Å². The predicted molar refractivity (Wildman–Crippen MR) is 168 cm³/mol. The van der Waals surface area contributed by atoms with E-state index >= 15 is 4.39 Å². The molecule has 0 spiro atoms. The average Bonchev–Trinajstić information content (AvgIpc) is 3.65. The third kappa shape index (κ3) is 4.57. The van der Waals surface area contributed by atoms with Crippen molar-refractivity contribution in [3.8, 4) is 23.0 Å². The van der Waals surface area contributed by atoms with Gasteiger partial charge in [0.25, 0.3) is 0 Å². The molecule has 0 radical (unpaired) electrons. The minimum Gasteiger partial charge on any atom is -0.508 e. The molecule has 2 unspecified atom stereocenters. The van der Waals surface area contributed by atoms with Gasteiger partial charge in [-0.3, -0.25) is 9.88 Å². The van der Waals surface area contributed by atoms with E-state index in [9.17, 15) is 9.50 Å². The molecule has 9 heteroatoms. The molecule has 4 atom stereocenters. The van der Waals surface area contributed by atoms with Crippen LogP contribution in [0.25, 0.3) is 32.9 Å². The molecule has 1 saturated carbocycles. The highest BCUT2D eigenvalue weighted by Gasteiger charge is 2.49. The standard InChI is InChI=1S/C35H39F2N5O2/c1-20(2)26-6-3-5-23-12-25(43)13-27(29(23)26)31-30(37)32-28(15-38-31)33(41-16-21-7-8-22(11-21)17-41)40-34(39-32)44-19-35-9-4-10-42(35)18-24(36)14-35/h3,5-6,12-13,15,20-22,24,43H,4,7-11,14,16-19H2,1-2H3/t21?,22?,24-,35+/m1/s1. The summed E-state index contributed by atoms with van der Waals surface area (Å²) in [5, 5.41) is 12.9. The van der Waals surface area contributed by atoms with Gasteiger partial charge in [-0.05, 0) is 84.9 Å². The largest absolute Gasteiger partial charge is 0.508 e. The number of phenols is 1. The van der Waals surface area contributed by atoms with Gasteiger partial charge in [-0.2, -0.15) is 9.97 Å². The Morgan fingerprint density at radius 1 is 1.11 bits per heavy atom. The quantitative estimate of drug-likeness (QED) is 0.256. The summed E-state index contributed by atoms with van der Waals surface area (Å²) in [6.45, 7) is 7.50. The highest BCUT2D eigenvalue weighted by Crippen LogP contribution is 2.43. The average molecular weight is 600 g/mol. The summed E-state index contributed by atoms with van der Waals surface area (Å²) in [7, 11) is 0. The molecule has 2 aromatic heterocycles. The SMILES string of the molecule is CC(C)c1cccc2cc(O)cc(-c3ncc4c(N5CC6CCC(C6)C5)nc(OC[C@@]56CCCN5C[C@H](F)C6)nc4c3F)c12. The Morgan fingerprint density at radius 3 is 2.73 bits per heavy atom. The fourth-order valence-corrected chi connectivity index (χ4v) is 8.65. The highest BCUT2D eigenvalue weighted by molar-refractivity contribution is 6.02. The number of halogens is 2. The molecule has 3 aliphatic heterocycles. The second kappa shape index (κ2) is 10.5. The van der Waals surface area contributed by atoms with Crippen LogP contribution >= 0.6 is 0 Å². The Labute approximate surface area is 256 Å². The predicted octanol–water partition coefficient (Wildman–Crippen LogP) is 7.00. The van der Waals surface area contributed by atoms with Gasteiger partial charge in [-0.15, -0.1) is 0 Å². The molecule has 8 rings (SSSR count). The van der Waals surface area contributed by atoms with Gasteiger partial charge < -0.3 is 14.7 Å². The fraction of sp³-hybridized carbons (Fsp3) is 0.514. The minimum atomic E-state index is -0.866. The minimum absolute atomic E-state index is 0.0500. The van der Waals surface area contributed by atoms with Crippen molar-refractivity contribution in [1.82, 2.24) is 19.9 Å². The van der Waals surface area contributed by atoms with E-state index in [1.807, 2.05) is 18.2 Å². The summed E-state index contributed by atoms with van der Waals surface area (Å²) >= 11 is 0. The Hall–Kier alpha value is -3.59. The molecule has 230 valence electrons. The van der Waals surface area contributed by atoms with E-state index in [-0.39, 0.29) is 41.0 Å². The lowest BCUT2D eigenvalue weighted by atomic mass is 9.91. The van der Waals surface area contributed by atoms with Crippen molar-refractivity contribution in [2.75, 3.05) is 37.7 Å². The van der Waals surface area contributed by atoms with Crippen LogP contribution in [0.3, 0.4) is 0 Å². The number of ether oxygens (including phenoxy) is 1. The zero-order valence-electron chi connectivity index (χ0n) is 25.4. The summed E-state index contributed by atoms with van der Waals surface area (Å²) in [5.74, 6) is 1.51. The summed E-state index contributed by atoms with van der Waals surface area (Å²) < 4.78 is 37.7. The smallest absolute Gasteiger partial charge is 0.319 e. The number of hydrogen-bond donors (Lipinski definition) is 1. The van der Waals surface area contributed by atoms with Gasteiger partial charge in [0.2, 0.25) is 0 Å². The normalized spacial score (nSPS) is 26.8. The molecule has 5 heterocycles. The van der Waals surface area contributed by atoms with E-state index in [4.69, 9.17) is 9.72 Å². The first kappa shape index (κ1) is 27.9. The van der Waals surface area contributed by atoms with Gasteiger partial charge >= 0.3 is 6.01 Å². The van der Waals surface area contributed by atoms with E-state index in [2.05, 4.69) is 33.6 Å². The number of benzene rings is 2. The van der Waals surface area contributed by atoms with Crippen molar-refractivity contribution < 1.29 is 18.6 Å². The second-order valence-electron chi connectivity index (χ2n) is 13.9. The van der Waals surface area contributed by atoms with Crippen LogP contribution in [0.15, 0.2) is 36.5 Å². The van der Waals surface area contributed by atoms with Crippen LogP contribution in [0.4, 0.5) is 14.6 Å². The van der Waals surface area contributed by atoms with Gasteiger partial charge in [-0.25, -0.2) is 8.78 Å². The third-order valence-electron chi connectivity index (χ3n) is 10.7. The van der Waals surface area contributed by atoms with E-state index < -0.39 is 12.0 Å². The molecule has 1 aliphatic carbocycles. The number of nitrogens with zero attached hydrogens (tertiary/aromatic N) is 5. The number of aromatic nitrogens is 3. The molecule has 4 fully saturated rings. The lowest BCUT2D eigenvalue weighted by molar-refractivity contribution is 0.107. The summed E-state index contributed by atoms with van der Waals surface area (Å²) in [4.78, 5) is 18.7. The first-order valence-corrected chi connectivity index (χ1v) is 16.2. The number of aromatic hydroxyl groups is 1. The van der Waals surface area contributed by atoms with Gasteiger partial charge in [0.05, 0.1) is 10.9 Å². The Balaban J connectivity index is 1.27. The number of hydrogen-bond acceptors (Lipinski definition) is 7. The third-order valence-corrected chi connectivity index (χ3v) is 10.7. The number of pyridine rings is 1. The summed E-state index contributed by atoms with van der Waals surface area (Å²) in [6, 6.07) is 9.34. The van der Waals surface area contributed by atoms with Gasteiger partial charge in [-0.1, -0.05) is 32.0 Å². The van der Waals surface area contributed by atoms with E-state index in [0.29, 0.717) is 41.6 Å². The van der Waals surface area contributed by atoms with Crippen LogP contribution < -0.4 is 9.64 Å². The van der Waals surface area contributed by atoms with Gasteiger partial charge in [0.1, 0.15) is 35.6 Å². The van der Waals surface area contributed by atoms with Crippen molar-refractivity contribution in [3.63, 3.8) is 0 Å². The van der Waals surface area contributed by atoms with Gasteiger partial charge in [0.15, 0.2) is 5.82 Å². The number of piperidine rings is 1. The number of alkyl halides is 1. The van der Waals surface area contributed by atoms with Gasteiger partial charge in [0, 0.05) is 37.8 Å². The maximum Gasteiger partial charge on any atom is 0.319 e. The maximum atomic E-state index is 16.9. The van der Waals surface area contributed by atoms with E-state index in [0.717, 1.165) is 48.8 Å². The zero-order chi connectivity index (χ0) is 30.2. The van der Waals surface area contributed by atoms with Crippen molar-refractivity contribution >= 4 is 27.5 Å². The fourth-order valence-electron chi connectivity index (χ4n) is 8.65. The Bertz CT molecular complexity index is 1750. The first-order valence-electron chi connectivity index (χ1n) is 16.2. The van der Waals surface area contributed by atoms with Crippen LogP contribution in [0.5, 0.6) is 11.8 Å². The molecule has 7 nitrogen and oxygen atoms in total. The van der Waals surface area contributed by atoms with E-state index in [1.165, 1.54) is 19.3 Å². The van der Waals surface area contributed by atoms with Crippen molar-refractivity contribution in [2.45, 2.75) is 70.0 Å². The topological polar surface area (TPSA) is 74.6 Å². The van der Waals surface area contributed by atoms with Crippen LogP contribution in [-0.2, 0) is 0 Å². The summed E-state index contributed by atoms with van der Waals surface area (Å²) in [6.07, 6.45) is 6.77. The van der Waals surface area contributed by atoms with Crippen molar-refractivity contribution in [2.24, 2.45) is 11.8 Å². The summed E-state index contributed by atoms with van der Waals surface area (Å²) in [5.41, 5.74) is 1.51. The monoisotopic (exact) mass is 599 g/mol. The molecule has 44 heavy (non-hydrogen) atoms. The molecule has 4 aromatic rings. The molecule has 2 bridgehead atoms. The molecule has 4 aliphatic rings. The first-order chi connectivity index (χ1) is 21.3. The zero-order valence-corrected chi connectivity index (χ0v) is 25.4. The maximum absolute atomic E-state index is 16.9. The molecular weight excluding hydrogens is 560 g/mol. The number of anilines is 1. The lowest BCUT2D eigenvalue weighted by Gasteiger charge is -2.34. The highest BCUT2D eigenvalue weighted by atomic mass is 19.1. The molecular formula is C35H39F2N5O2. The second-order valence-corrected chi connectivity index (χ2v) is 13.9. The Kier molecular flexibility index (Phi) is 6.66. The van der Waals surface area contributed by atoms with Crippen LogP contribution in [-0.4, -0.2) is 69.5 Å². The lowest BCUT2D eigenvalue weighted by Crippen LogP contribution is -2.43. The van der Waals surface area contributed by atoms with Crippen molar-refractivity contribution in [1.29, 1.82) is 0 Å². The number of phenolic OH excluding ortho intramolecular Hbond substituents is 1. The molecule has 3 saturated heterocycles. The molecule has 0 amide bonds. The van der Waals surface area contributed by atoms with E-state index in [1.54, 1.807) is 18.3 Å². The molecule has 1 N–H and O–H groups in total. The van der Waals surface area contributed by atoms with Crippen LogP contribution in [0.1, 0.15) is 63.9 Å². The van der Waals surface area contributed by atoms with Crippen molar-refractivity contribution in [3.05, 3.63) is 47.9 Å². The Morgan fingerprint density at radius 2 is 1.93 bits per heavy atom. The number of fused-ring (bicyclic) bond motifs is 5. The molecule has 2 aromatic carbocycles.